The highest BCUT2D eigenvalue weighted by atomic mass is 16.5. The quantitative estimate of drug-likeness (QED) is 0.766. The van der Waals surface area contributed by atoms with E-state index in [0.717, 1.165) is 0 Å². The lowest BCUT2D eigenvalue weighted by atomic mass is 9.97. The Kier molecular flexibility index (Phi) is 3.96. The summed E-state index contributed by atoms with van der Waals surface area (Å²) in [6.07, 6.45) is 0.197. The van der Waals surface area contributed by atoms with Crippen LogP contribution in [0.5, 0.6) is 0 Å². The van der Waals surface area contributed by atoms with Crippen LogP contribution in [0.4, 0.5) is 0 Å². The van der Waals surface area contributed by atoms with E-state index in [9.17, 15) is 4.79 Å². The largest absolute Gasteiger partial charge is 0.378 e. The SMILES string of the molecule is COC1COCCC1(N)NC(=O)c1ccccc1. The molecule has 0 aromatic heterocycles. The maximum Gasteiger partial charge on any atom is 0.252 e. The Morgan fingerprint density at radius 1 is 1.50 bits per heavy atom. The van der Waals surface area contributed by atoms with Crippen LogP contribution >= 0.6 is 0 Å². The molecule has 0 spiro atoms. The van der Waals surface area contributed by atoms with Crippen molar-refractivity contribution in [2.45, 2.75) is 18.2 Å². The number of nitrogens with one attached hydrogen (secondary N) is 1. The van der Waals surface area contributed by atoms with Crippen LogP contribution in [-0.2, 0) is 9.47 Å². The summed E-state index contributed by atoms with van der Waals surface area (Å²) in [5.74, 6) is -0.193. The first-order valence-corrected chi connectivity index (χ1v) is 5.93. The van der Waals surface area contributed by atoms with Crippen molar-refractivity contribution >= 4 is 5.91 Å². The summed E-state index contributed by atoms with van der Waals surface area (Å²) < 4.78 is 10.6. The van der Waals surface area contributed by atoms with E-state index >= 15 is 0 Å². The van der Waals surface area contributed by atoms with Crippen LogP contribution in [0.1, 0.15) is 16.8 Å². The Balaban J connectivity index is 2.09. The molecule has 98 valence electrons. The first-order valence-electron chi connectivity index (χ1n) is 5.93. The van der Waals surface area contributed by atoms with E-state index in [0.29, 0.717) is 25.2 Å². The summed E-state index contributed by atoms with van der Waals surface area (Å²) in [6.45, 7) is 0.910. The molecular weight excluding hydrogens is 232 g/mol. The molecule has 5 nitrogen and oxygen atoms in total. The lowest BCUT2D eigenvalue weighted by Crippen LogP contribution is -2.67. The van der Waals surface area contributed by atoms with Gasteiger partial charge in [-0.25, -0.2) is 0 Å². The molecule has 0 aliphatic carbocycles. The fourth-order valence-corrected chi connectivity index (χ4v) is 2.04. The van der Waals surface area contributed by atoms with Gasteiger partial charge in [0.25, 0.3) is 5.91 Å². The highest BCUT2D eigenvalue weighted by molar-refractivity contribution is 5.94. The number of hydrogen-bond acceptors (Lipinski definition) is 4. The zero-order valence-corrected chi connectivity index (χ0v) is 10.4. The van der Waals surface area contributed by atoms with E-state index in [2.05, 4.69) is 5.32 Å². The van der Waals surface area contributed by atoms with Crippen LogP contribution in [0, 0.1) is 0 Å². The predicted octanol–water partition coefficient (Wildman–Crippen LogP) is 0.507. The molecule has 1 amide bonds. The van der Waals surface area contributed by atoms with Crippen LogP contribution < -0.4 is 11.1 Å². The number of methoxy groups -OCH3 is 1. The third-order valence-electron chi connectivity index (χ3n) is 3.17. The van der Waals surface area contributed by atoms with Crippen molar-refractivity contribution in [3.63, 3.8) is 0 Å². The second-order valence-corrected chi connectivity index (χ2v) is 4.41. The molecule has 1 fully saturated rings. The molecule has 0 bridgehead atoms. The zero-order chi connectivity index (χ0) is 13.0. The van der Waals surface area contributed by atoms with Crippen molar-refractivity contribution in [2.24, 2.45) is 5.73 Å². The summed E-state index contributed by atoms with van der Waals surface area (Å²) in [6, 6.07) is 8.99. The van der Waals surface area contributed by atoms with Gasteiger partial charge in [0, 0.05) is 19.1 Å². The minimum atomic E-state index is -0.875. The van der Waals surface area contributed by atoms with Gasteiger partial charge in [-0.3, -0.25) is 4.79 Å². The molecule has 2 atom stereocenters. The van der Waals surface area contributed by atoms with Crippen molar-refractivity contribution in [3.05, 3.63) is 35.9 Å². The molecule has 0 saturated carbocycles. The molecule has 5 heteroatoms. The highest BCUT2D eigenvalue weighted by Crippen LogP contribution is 2.18. The van der Waals surface area contributed by atoms with Gasteiger partial charge in [0.15, 0.2) is 0 Å². The van der Waals surface area contributed by atoms with Gasteiger partial charge in [-0.1, -0.05) is 18.2 Å². The summed E-state index contributed by atoms with van der Waals surface area (Å²) in [7, 11) is 1.57. The number of nitrogens with two attached hydrogens (primary N) is 1. The Morgan fingerprint density at radius 2 is 2.22 bits per heavy atom. The van der Waals surface area contributed by atoms with E-state index in [4.69, 9.17) is 15.2 Å². The van der Waals surface area contributed by atoms with Crippen LogP contribution in [-0.4, -0.2) is 38.0 Å². The van der Waals surface area contributed by atoms with E-state index in [1.807, 2.05) is 18.2 Å². The van der Waals surface area contributed by atoms with Crippen molar-refractivity contribution in [1.29, 1.82) is 0 Å². The maximum absolute atomic E-state index is 12.1. The number of ether oxygens (including phenoxy) is 2. The molecule has 1 aromatic rings. The summed E-state index contributed by atoms with van der Waals surface area (Å²) in [4.78, 5) is 12.1. The molecule has 1 aliphatic rings. The number of rotatable bonds is 3. The fourth-order valence-electron chi connectivity index (χ4n) is 2.04. The number of carbonyl (C=O) groups excluding carboxylic acids is 1. The van der Waals surface area contributed by atoms with Crippen molar-refractivity contribution in [3.8, 4) is 0 Å². The van der Waals surface area contributed by atoms with Gasteiger partial charge in [-0.05, 0) is 12.1 Å². The number of benzene rings is 1. The van der Waals surface area contributed by atoms with Crippen LogP contribution in [0.2, 0.25) is 0 Å². The van der Waals surface area contributed by atoms with Gasteiger partial charge in [-0.15, -0.1) is 0 Å². The van der Waals surface area contributed by atoms with Gasteiger partial charge in [0.05, 0.1) is 13.2 Å². The molecule has 1 aliphatic heterocycles. The van der Waals surface area contributed by atoms with Crippen molar-refractivity contribution < 1.29 is 14.3 Å². The van der Waals surface area contributed by atoms with E-state index in [1.165, 1.54) is 0 Å². The standard InChI is InChI=1S/C13H18N2O3/c1-17-11-9-18-8-7-13(11,14)15-12(16)10-5-3-2-4-6-10/h2-6,11H,7-9,14H2,1H3,(H,15,16). The smallest absolute Gasteiger partial charge is 0.252 e. The minimum absolute atomic E-state index is 0.193. The number of carbonyl (C=O) groups is 1. The summed E-state index contributed by atoms with van der Waals surface area (Å²) >= 11 is 0. The monoisotopic (exact) mass is 250 g/mol. The maximum atomic E-state index is 12.1. The summed E-state index contributed by atoms with van der Waals surface area (Å²) in [5.41, 5.74) is 5.93. The molecule has 1 heterocycles. The minimum Gasteiger partial charge on any atom is -0.378 e. The first kappa shape index (κ1) is 13.0. The second-order valence-electron chi connectivity index (χ2n) is 4.41. The van der Waals surface area contributed by atoms with E-state index < -0.39 is 5.66 Å². The average Bonchev–Trinajstić information content (AvgIpc) is 2.40. The van der Waals surface area contributed by atoms with Crippen molar-refractivity contribution in [1.82, 2.24) is 5.32 Å². The molecule has 1 saturated heterocycles. The Morgan fingerprint density at radius 3 is 2.89 bits per heavy atom. The third-order valence-corrected chi connectivity index (χ3v) is 3.17. The molecule has 1 aromatic carbocycles. The van der Waals surface area contributed by atoms with Crippen LogP contribution in [0.3, 0.4) is 0 Å². The Labute approximate surface area is 106 Å². The van der Waals surface area contributed by atoms with Crippen LogP contribution in [0.15, 0.2) is 30.3 Å². The van der Waals surface area contributed by atoms with Gasteiger partial charge in [0.2, 0.25) is 0 Å². The van der Waals surface area contributed by atoms with Gasteiger partial charge in [-0.2, -0.15) is 0 Å². The molecular formula is C13H18N2O3. The predicted molar refractivity (Wildman–Crippen MR) is 67.1 cm³/mol. The molecule has 18 heavy (non-hydrogen) atoms. The second kappa shape index (κ2) is 5.48. The molecule has 2 unspecified atom stereocenters. The van der Waals surface area contributed by atoms with E-state index in [-0.39, 0.29) is 12.0 Å². The number of amides is 1. The Hall–Kier alpha value is -1.43. The average molecular weight is 250 g/mol. The lowest BCUT2D eigenvalue weighted by Gasteiger charge is -2.40. The molecule has 2 rings (SSSR count). The normalized spacial score (nSPS) is 27.8. The summed E-state index contributed by atoms with van der Waals surface area (Å²) in [5, 5.41) is 2.85. The third kappa shape index (κ3) is 2.69. The molecule has 0 radical (unpaired) electrons. The Bertz CT molecular complexity index is 410. The molecule has 3 N–H and O–H groups in total. The lowest BCUT2D eigenvalue weighted by molar-refractivity contribution is -0.0848. The van der Waals surface area contributed by atoms with Gasteiger partial charge in [0.1, 0.15) is 11.8 Å². The van der Waals surface area contributed by atoms with Gasteiger partial charge >= 0.3 is 0 Å². The number of hydrogen-bond donors (Lipinski definition) is 2. The van der Waals surface area contributed by atoms with Gasteiger partial charge < -0.3 is 20.5 Å². The highest BCUT2D eigenvalue weighted by Gasteiger charge is 2.39. The van der Waals surface area contributed by atoms with Crippen molar-refractivity contribution in [2.75, 3.05) is 20.3 Å². The topological polar surface area (TPSA) is 73.6 Å². The fraction of sp³-hybridized carbons (Fsp3) is 0.462. The van der Waals surface area contributed by atoms with E-state index in [1.54, 1.807) is 19.2 Å². The zero-order valence-electron chi connectivity index (χ0n) is 10.4. The van der Waals surface area contributed by atoms with Crippen LogP contribution in [0.25, 0.3) is 0 Å². The first-order chi connectivity index (χ1) is 8.65.